The van der Waals surface area contributed by atoms with E-state index < -0.39 is 5.91 Å². The second-order valence-electron chi connectivity index (χ2n) is 5.47. The van der Waals surface area contributed by atoms with Crippen LogP contribution in [0.4, 0.5) is 0 Å². The fourth-order valence-electron chi connectivity index (χ4n) is 2.96. The van der Waals surface area contributed by atoms with Gasteiger partial charge in [0.25, 0.3) is 0 Å². The molecule has 0 unspecified atom stereocenters. The van der Waals surface area contributed by atoms with Crippen LogP contribution in [-0.4, -0.2) is 10.9 Å². The van der Waals surface area contributed by atoms with Crippen molar-refractivity contribution < 1.29 is 4.79 Å². The number of aromatic nitrogens is 1. The van der Waals surface area contributed by atoms with Crippen molar-refractivity contribution in [1.82, 2.24) is 4.98 Å². The van der Waals surface area contributed by atoms with E-state index >= 15 is 0 Å². The van der Waals surface area contributed by atoms with Crippen LogP contribution in [-0.2, 0) is 0 Å². The first-order chi connectivity index (χ1) is 11.8. The molecule has 116 valence electrons. The molecule has 0 saturated carbocycles. The summed E-state index contributed by atoms with van der Waals surface area (Å²) in [5.74, 6) is -0.438. The summed E-state index contributed by atoms with van der Waals surface area (Å²) in [6, 6.07) is 19.5. The van der Waals surface area contributed by atoms with Gasteiger partial charge in [0, 0.05) is 16.5 Å². The quantitative estimate of drug-likeness (QED) is 0.590. The lowest BCUT2D eigenvalue weighted by molar-refractivity contribution is 0.100. The first-order valence-electron chi connectivity index (χ1n) is 7.56. The van der Waals surface area contributed by atoms with Crippen LogP contribution in [0.1, 0.15) is 10.4 Å². The largest absolute Gasteiger partial charge is 0.366 e. The second kappa shape index (κ2) is 5.91. The highest BCUT2D eigenvalue weighted by molar-refractivity contribution is 7.08. The molecule has 4 rings (SSSR count). The number of rotatable bonds is 3. The normalized spacial score (nSPS) is 10.8. The molecule has 24 heavy (non-hydrogen) atoms. The summed E-state index contributed by atoms with van der Waals surface area (Å²) in [5.41, 5.74) is 10.6. The Bertz CT molecular complexity index is 1020. The maximum Gasteiger partial charge on any atom is 0.250 e. The number of nitrogens with two attached hydrogens (primary N) is 1. The molecule has 2 N–H and O–H groups in total. The standard InChI is InChI=1S/C20H14N2OS/c21-20(23)18-15-8-4-5-9-16(15)22-19(13-6-2-1-3-7-13)17(18)14-10-11-24-12-14/h1-12H,(H2,21,23). The van der Waals surface area contributed by atoms with E-state index in [4.69, 9.17) is 10.7 Å². The molecule has 4 heteroatoms. The summed E-state index contributed by atoms with van der Waals surface area (Å²) in [6.07, 6.45) is 0. The van der Waals surface area contributed by atoms with Crippen LogP contribution >= 0.6 is 11.3 Å². The molecule has 0 atom stereocenters. The molecule has 0 saturated heterocycles. The molecule has 0 aliphatic heterocycles. The minimum atomic E-state index is -0.438. The first kappa shape index (κ1) is 14.6. The molecule has 3 nitrogen and oxygen atoms in total. The molecule has 0 fully saturated rings. The maximum absolute atomic E-state index is 12.3. The number of primary amides is 1. The molecule has 2 aromatic carbocycles. The Morgan fingerprint density at radius 3 is 2.38 bits per heavy atom. The van der Waals surface area contributed by atoms with Gasteiger partial charge in [-0.3, -0.25) is 4.79 Å². The van der Waals surface area contributed by atoms with Crippen molar-refractivity contribution in [2.45, 2.75) is 0 Å². The highest BCUT2D eigenvalue weighted by Crippen LogP contribution is 2.38. The number of pyridine rings is 1. The Morgan fingerprint density at radius 1 is 0.917 bits per heavy atom. The van der Waals surface area contributed by atoms with Gasteiger partial charge in [-0.25, -0.2) is 4.98 Å². The third-order valence-electron chi connectivity index (χ3n) is 4.00. The van der Waals surface area contributed by atoms with Crippen molar-refractivity contribution in [3.8, 4) is 22.4 Å². The van der Waals surface area contributed by atoms with Gasteiger partial charge in [-0.2, -0.15) is 11.3 Å². The van der Waals surface area contributed by atoms with Gasteiger partial charge in [-0.05, 0) is 28.5 Å². The summed E-state index contributed by atoms with van der Waals surface area (Å²) >= 11 is 1.58. The van der Waals surface area contributed by atoms with E-state index in [0.717, 1.165) is 33.3 Å². The number of hydrogen-bond donors (Lipinski definition) is 1. The summed E-state index contributed by atoms with van der Waals surface area (Å²) in [5, 5.41) is 4.79. The molecule has 0 aliphatic carbocycles. The highest BCUT2D eigenvalue weighted by Gasteiger charge is 2.21. The predicted octanol–water partition coefficient (Wildman–Crippen LogP) is 4.73. The van der Waals surface area contributed by atoms with Gasteiger partial charge in [-0.15, -0.1) is 0 Å². The lowest BCUT2D eigenvalue weighted by atomic mass is 9.93. The van der Waals surface area contributed by atoms with E-state index in [0.29, 0.717) is 5.56 Å². The van der Waals surface area contributed by atoms with Gasteiger partial charge >= 0.3 is 0 Å². The van der Waals surface area contributed by atoms with E-state index in [-0.39, 0.29) is 0 Å². The molecule has 0 aliphatic rings. The number of thiophene rings is 1. The first-order valence-corrected chi connectivity index (χ1v) is 8.50. The Kier molecular flexibility index (Phi) is 3.59. The SMILES string of the molecule is NC(=O)c1c(-c2ccsc2)c(-c2ccccc2)nc2ccccc12. The van der Waals surface area contributed by atoms with E-state index in [1.165, 1.54) is 0 Å². The third kappa shape index (κ3) is 2.37. The Hall–Kier alpha value is -2.98. The van der Waals surface area contributed by atoms with Gasteiger partial charge in [0.2, 0.25) is 5.91 Å². The molecule has 2 aromatic heterocycles. The van der Waals surface area contributed by atoms with Gasteiger partial charge < -0.3 is 5.73 Å². The fraction of sp³-hybridized carbons (Fsp3) is 0. The number of benzene rings is 2. The van der Waals surface area contributed by atoms with Crippen LogP contribution in [0.25, 0.3) is 33.3 Å². The van der Waals surface area contributed by atoms with Gasteiger partial charge in [0.05, 0.1) is 16.8 Å². The van der Waals surface area contributed by atoms with Gasteiger partial charge in [0.1, 0.15) is 0 Å². The van der Waals surface area contributed by atoms with E-state index in [1.807, 2.05) is 71.4 Å². The van der Waals surface area contributed by atoms with Crippen molar-refractivity contribution in [1.29, 1.82) is 0 Å². The van der Waals surface area contributed by atoms with Crippen LogP contribution in [0.5, 0.6) is 0 Å². The van der Waals surface area contributed by atoms with Crippen molar-refractivity contribution in [2.24, 2.45) is 5.73 Å². The van der Waals surface area contributed by atoms with Crippen molar-refractivity contribution in [3.05, 3.63) is 77.0 Å². The summed E-state index contributed by atoms with van der Waals surface area (Å²) in [6.45, 7) is 0. The lowest BCUT2D eigenvalue weighted by Gasteiger charge is -2.15. The lowest BCUT2D eigenvalue weighted by Crippen LogP contribution is -2.14. The van der Waals surface area contributed by atoms with Gasteiger partial charge in [-0.1, -0.05) is 48.5 Å². The zero-order chi connectivity index (χ0) is 16.5. The smallest absolute Gasteiger partial charge is 0.250 e. The average Bonchev–Trinajstić information content (AvgIpc) is 3.15. The molecular weight excluding hydrogens is 316 g/mol. The number of carbonyl (C=O) groups is 1. The highest BCUT2D eigenvalue weighted by atomic mass is 32.1. The Morgan fingerprint density at radius 2 is 1.67 bits per heavy atom. The molecule has 0 spiro atoms. The molecule has 0 radical (unpaired) electrons. The predicted molar refractivity (Wildman–Crippen MR) is 99.0 cm³/mol. The third-order valence-corrected chi connectivity index (χ3v) is 4.68. The van der Waals surface area contributed by atoms with E-state index in [1.54, 1.807) is 11.3 Å². The zero-order valence-corrected chi connectivity index (χ0v) is 13.6. The van der Waals surface area contributed by atoms with Crippen LogP contribution in [0.2, 0.25) is 0 Å². The monoisotopic (exact) mass is 330 g/mol. The number of fused-ring (bicyclic) bond motifs is 1. The van der Waals surface area contributed by atoms with Crippen LogP contribution in [0.15, 0.2) is 71.4 Å². The topological polar surface area (TPSA) is 56.0 Å². The maximum atomic E-state index is 12.3. The van der Waals surface area contributed by atoms with E-state index in [9.17, 15) is 4.79 Å². The van der Waals surface area contributed by atoms with Gasteiger partial charge in [0.15, 0.2) is 0 Å². The van der Waals surface area contributed by atoms with E-state index in [2.05, 4.69) is 0 Å². The molecule has 4 aromatic rings. The molecular formula is C20H14N2OS. The summed E-state index contributed by atoms with van der Waals surface area (Å²) in [4.78, 5) is 17.2. The van der Waals surface area contributed by atoms with Crippen LogP contribution in [0, 0.1) is 0 Å². The Labute approximate surface area is 143 Å². The van der Waals surface area contributed by atoms with Crippen molar-refractivity contribution >= 4 is 28.1 Å². The van der Waals surface area contributed by atoms with Crippen molar-refractivity contribution in [2.75, 3.05) is 0 Å². The van der Waals surface area contributed by atoms with Crippen LogP contribution < -0.4 is 5.73 Å². The zero-order valence-electron chi connectivity index (χ0n) is 12.8. The molecule has 1 amide bonds. The molecule has 0 bridgehead atoms. The summed E-state index contributed by atoms with van der Waals surface area (Å²) in [7, 11) is 0. The van der Waals surface area contributed by atoms with Crippen molar-refractivity contribution in [3.63, 3.8) is 0 Å². The number of hydrogen-bond acceptors (Lipinski definition) is 3. The Balaban J connectivity index is 2.18. The number of nitrogens with zero attached hydrogens (tertiary/aromatic N) is 1. The average molecular weight is 330 g/mol. The number of carbonyl (C=O) groups excluding carboxylic acids is 1. The minimum absolute atomic E-state index is 0.438. The van der Waals surface area contributed by atoms with Crippen LogP contribution in [0.3, 0.4) is 0 Å². The number of amides is 1. The summed E-state index contributed by atoms with van der Waals surface area (Å²) < 4.78 is 0. The second-order valence-corrected chi connectivity index (χ2v) is 6.25. The number of para-hydroxylation sites is 1. The minimum Gasteiger partial charge on any atom is -0.366 e. The molecule has 2 heterocycles. The fourth-order valence-corrected chi connectivity index (χ4v) is 3.61.